The molecule has 0 N–H and O–H groups in total. The fourth-order valence-electron chi connectivity index (χ4n) is 3.00. The van der Waals surface area contributed by atoms with Crippen molar-refractivity contribution in [1.29, 1.82) is 0 Å². The Morgan fingerprint density at radius 3 is 2.28 bits per heavy atom. The molecule has 1 saturated heterocycles. The average molecular weight is 444 g/mol. The third kappa shape index (κ3) is 3.81. The summed E-state index contributed by atoms with van der Waals surface area (Å²) in [5, 5.41) is -0.673. The second-order valence-corrected chi connectivity index (χ2v) is 11.0. The summed E-state index contributed by atoms with van der Waals surface area (Å²) in [7, 11) is -7.17. The maximum atomic E-state index is 12.9. The molecule has 2 aromatic rings. The Morgan fingerprint density at radius 1 is 0.960 bits per heavy atom. The van der Waals surface area contributed by atoms with Gasteiger partial charge in [0.2, 0.25) is 10.0 Å². The van der Waals surface area contributed by atoms with Crippen LogP contribution in [0.25, 0.3) is 0 Å². The van der Waals surface area contributed by atoms with Gasteiger partial charge >= 0.3 is 0 Å². The van der Waals surface area contributed by atoms with Crippen molar-refractivity contribution in [3.8, 4) is 0 Å². The van der Waals surface area contributed by atoms with Crippen LogP contribution in [0.4, 0.5) is 0 Å². The van der Waals surface area contributed by atoms with E-state index >= 15 is 0 Å². The molecule has 0 bridgehead atoms. The Hall–Kier alpha value is -1.22. The Bertz CT molecular complexity index is 959. The monoisotopic (exact) mass is 443 g/mol. The van der Waals surface area contributed by atoms with E-state index in [1.807, 2.05) is 6.07 Å². The molecule has 2 aromatic carbocycles. The summed E-state index contributed by atoms with van der Waals surface area (Å²) in [6.07, 6.45) is 0.246. The lowest BCUT2D eigenvalue weighted by molar-refractivity contribution is 0.428. The van der Waals surface area contributed by atoms with Gasteiger partial charge in [-0.3, -0.25) is 0 Å². The van der Waals surface area contributed by atoms with Gasteiger partial charge in [-0.25, -0.2) is 16.8 Å². The molecule has 1 fully saturated rings. The van der Waals surface area contributed by atoms with Crippen molar-refractivity contribution in [2.75, 3.05) is 18.8 Å². The van der Waals surface area contributed by atoms with E-state index in [9.17, 15) is 16.8 Å². The van der Waals surface area contributed by atoms with E-state index in [1.54, 1.807) is 42.5 Å². The van der Waals surface area contributed by atoms with Crippen molar-refractivity contribution in [3.63, 3.8) is 0 Å². The molecule has 1 aliphatic heterocycles. The van der Waals surface area contributed by atoms with Gasteiger partial charge in [-0.1, -0.05) is 42.5 Å². The van der Waals surface area contributed by atoms with E-state index < -0.39 is 25.1 Å². The first-order chi connectivity index (χ1) is 11.8. The summed E-state index contributed by atoms with van der Waals surface area (Å²) in [5.41, 5.74) is 0.711. The molecule has 0 radical (unpaired) electrons. The molecular formula is C17H18BrNO4S2. The maximum absolute atomic E-state index is 12.9. The fourth-order valence-corrected chi connectivity index (χ4v) is 7.33. The first kappa shape index (κ1) is 18.6. The van der Waals surface area contributed by atoms with E-state index in [1.165, 1.54) is 10.4 Å². The highest BCUT2D eigenvalue weighted by atomic mass is 79.9. The molecular weight excluding hydrogens is 426 g/mol. The second kappa shape index (κ2) is 7.19. The lowest BCUT2D eigenvalue weighted by Crippen LogP contribution is -2.33. The number of hydrogen-bond donors (Lipinski definition) is 0. The number of nitrogens with zero attached hydrogens (tertiary/aromatic N) is 1. The molecule has 1 atom stereocenters. The summed E-state index contributed by atoms with van der Waals surface area (Å²) in [5.74, 6) is -0.184. The number of benzene rings is 2. The van der Waals surface area contributed by atoms with Gasteiger partial charge in [0.15, 0.2) is 9.84 Å². The second-order valence-electron chi connectivity index (χ2n) is 5.89. The van der Waals surface area contributed by atoms with Gasteiger partial charge in [0, 0.05) is 17.6 Å². The fraction of sp³-hybridized carbons (Fsp3) is 0.294. The molecule has 1 aliphatic rings. The zero-order valence-electron chi connectivity index (χ0n) is 13.4. The van der Waals surface area contributed by atoms with Gasteiger partial charge < -0.3 is 0 Å². The molecule has 5 nitrogen and oxygen atoms in total. The normalized spacial score (nSPS) is 21.6. The smallest absolute Gasteiger partial charge is 0.228 e. The topological polar surface area (TPSA) is 71.5 Å². The minimum absolute atomic E-state index is 0.0324. The maximum Gasteiger partial charge on any atom is 0.244 e. The first-order valence-electron chi connectivity index (χ1n) is 7.83. The molecule has 25 heavy (non-hydrogen) atoms. The molecule has 0 spiro atoms. The van der Waals surface area contributed by atoms with E-state index in [4.69, 9.17) is 0 Å². The van der Waals surface area contributed by atoms with E-state index in [0.717, 1.165) is 0 Å². The lowest BCUT2D eigenvalue weighted by atomic mass is 10.1. The zero-order chi connectivity index (χ0) is 18.1. The molecule has 1 heterocycles. The molecule has 8 heteroatoms. The van der Waals surface area contributed by atoms with Gasteiger partial charge in [0.05, 0.1) is 15.9 Å². The van der Waals surface area contributed by atoms with Crippen LogP contribution in [-0.2, 0) is 19.9 Å². The molecule has 3 rings (SSSR count). The third-order valence-electron chi connectivity index (χ3n) is 4.33. The standard InChI is InChI=1S/C17H18BrNO4S2/c18-15-8-4-5-9-17(15)25(22,23)19-11-10-16(24(20,21)13-12-19)14-6-2-1-3-7-14/h1-9,16H,10-13H2/t16-/m1/s1. The van der Waals surface area contributed by atoms with E-state index in [2.05, 4.69) is 15.9 Å². The lowest BCUT2D eigenvalue weighted by Gasteiger charge is -2.20. The SMILES string of the molecule is O=S1(=O)CCN(S(=O)(=O)c2ccccc2Br)CC[C@@H]1c1ccccc1. The van der Waals surface area contributed by atoms with Crippen LogP contribution in [0.2, 0.25) is 0 Å². The summed E-state index contributed by atoms with van der Waals surface area (Å²) < 4.78 is 52.9. The molecule has 0 unspecified atom stereocenters. The molecule has 0 aromatic heterocycles. The van der Waals surface area contributed by atoms with Crippen molar-refractivity contribution < 1.29 is 16.8 Å². The van der Waals surface area contributed by atoms with E-state index in [-0.39, 0.29) is 30.2 Å². The van der Waals surface area contributed by atoms with E-state index in [0.29, 0.717) is 10.0 Å². The van der Waals surface area contributed by atoms with Crippen LogP contribution >= 0.6 is 15.9 Å². The molecule has 0 saturated carbocycles. The predicted molar refractivity (Wildman–Crippen MR) is 100 cm³/mol. The largest absolute Gasteiger partial charge is 0.244 e. The van der Waals surface area contributed by atoms with Gasteiger partial charge in [0.1, 0.15) is 0 Å². The van der Waals surface area contributed by atoms with Crippen LogP contribution in [0.1, 0.15) is 17.2 Å². The number of sulfonamides is 1. The highest BCUT2D eigenvalue weighted by molar-refractivity contribution is 9.10. The van der Waals surface area contributed by atoms with Crippen molar-refractivity contribution in [1.82, 2.24) is 4.31 Å². The number of rotatable bonds is 3. The Morgan fingerprint density at radius 2 is 1.60 bits per heavy atom. The number of hydrogen-bond acceptors (Lipinski definition) is 4. The highest BCUT2D eigenvalue weighted by Gasteiger charge is 2.36. The third-order valence-corrected chi connectivity index (χ3v) is 9.36. The summed E-state index contributed by atoms with van der Waals surface area (Å²) >= 11 is 3.27. The van der Waals surface area contributed by atoms with Gasteiger partial charge in [-0.05, 0) is 40.0 Å². The van der Waals surface area contributed by atoms with Crippen molar-refractivity contribution in [2.24, 2.45) is 0 Å². The zero-order valence-corrected chi connectivity index (χ0v) is 16.6. The Labute approximate surface area is 156 Å². The predicted octanol–water partition coefficient (Wildman–Crippen LogP) is 3.00. The average Bonchev–Trinajstić information content (AvgIpc) is 2.74. The summed E-state index contributed by atoms with van der Waals surface area (Å²) in [4.78, 5) is 0.158. The van der Waals surface area contributed by atoms with Crippen LogP contribution in [-0.4, -0.2) is 40.0 Å². The quantitative estimate of drug-likeness (QED) is 0.730. The molecule has 134 valence electrons. The minimum Gasteiger partial charge on any atom is -0.228 e. The Balaban J connectivity index is 1.92. The van der Waals surface area contributed by atoms with Crippen LogP contribution in [0.15, 0.2) is 64.0 Å². The van der Waals surface area contributed by atoms with Gasteiger partial charge in [-0.15, -0.1) is 0 Å². The van der Waals surface area contributed by atoms with Crippen LogP contribution in [0.5, 0.6) is 0 Å². The first-order valence-corrected chi connectivity index (χ1v) is 11.8. The van der Waals surface area contributed by atoms with Crippen LogP contribution < -0.4 is 0 Å². The minimum atomic E-state index is -3.75. The van der Waals surface area contributed by atoms with Crippen molar-refractivity contribution >= 4 is 35.8 Å². The molecule has 0 aliphatic carbocycles. The number of sulfone groups is 1. The highest BCUT2D eigenvalue weighted by Crippen LogP contribution is 2.32. The van der Waals surface area contributed by atoms with Crippen molar-refractivity contribution in [3.05, 3.63) is 64.6 Å². The van der Waals surface area contributed by atoms with Crippen LogP contribution in [0, 0.1) is 0 Å². The van der Waals surface area contributed by atoms with Gasteiger partial charge in [-0.2, -0.15) is 4.31 Å². The van der Waals surface area contributed by atoms with Crippen molar-refractivity contribution in [2.45, 2.75) is 16.6 Å². The Kier molecular flexibility index (Phi) is 5.34. The van der Waals surface area contributed by atoms with Gasteiger partial charge in [0.25, 0.3) is 0 Å². The molecule has 0 amide bonds. The summed E-state index contributed by atoms with van der Waals surface area (Å²) in [6.45, 7) is 0.137. The van der Waals surface area contributed by atoms with Crippen LogP contribution in [0.3, 0.4) is 0 Å². The summed E-state index contributed by atoms with van der Waals surface area (Å²) in [6, 6.07) is 15.6. The number of halogens is 1.